The van der Waals surface area contributed by atoms with Crippen molar-refractivity contribution in [3.8, 4) is 0 Å². The molecule has 0 aromatic heterocycles. The monoisotopic (exact) mass is 236 g/mol. The molecule has 0 bridgehead atoms. The molecule has 0 aromatic rings. The lowest BCUT2D eigenvalue weighted by Crippen LogP contribution is -2.60. The zero-order valence-electron chi connectivity index (χ0n) is 10.1. The molecule has 0 radical (unpaired) electrons. The summed E-state index contributed by atoms with van der Waals surface area (Å²) in [6.07, 6.45) is -2.71. The maximum atomic E-state index is 9.74. The fourth-order valence-corrected chi connectivity index (χ4v) is 2.00. The van der Waals surface area contributed by atoms with Gasteiger partial charge < -0.3 is 28.8 Å². The second-order valence-electron chi connectivity index (χ2n) is 3.62. The lowest BCUT2D eigenvalue weighted by atomic mass is 9.98. The third-order valence-corrected chi connectivity index (χ3v) is 2.76. The zero-order chi connectivity index (χ0) is 12.1. The molecule has 96 valence electrons. The van der Waals surface area contributed by atoms with Crippen molar-refractivity contribution in [2.45, 2.75) is 30.7 Å². The largest absolute Gasteiger partial charge is 0.382 e. The summed E-state index contributed by atoms with van der Waals surface area (Å²) in [6.45, 7) is 0.325. The minimum atomic E-state index is -1.04. The van der Waals surface area contributed by atoms with Crippen LogP contribution in [0.3, 0.4) is 0 Å². The van der Waals surface area contributed by atoms with Gasteiger partial charge in [-0.1, -0.05) is 0 Å². The summed E-state index contributed by atoms with van der Waals surface area (Å²) in [5.74, 6) is 0. The van der Waals surface area contributed by atoms with Crippen LogP contribution in [0, 0.1) is 0 Å². The average Bonchev–Trinajstić information content (AvgIpc) is 2.28. The molecule has 16 heavy (non-hydrogen) atoms. The van der Waals surface area contributed by atoms with E-state index in [4.69, 9.17) is 23.7 Å². The second kappa shape index (κ2) is 6.48. The van der Waals surface area contributed by atoms with Crippen LogP contribution in [0.15, 0.2) is 0 Å². The van der Waals surface area contributed by atoms with Gasteiger partial charge in [0.05, 0.1) is 6.61 Å². The highest BCUT2D eigenvalue weighted by molar-refractivity contribution is 4.91. The van der Waals surface area contributed by atoms with Gasteiger partial charge in [0.25, 0.3) is 0 Å². The van der Waals surface area contributed by atoms with E-state index in [1.165, 1.54) is 7.11 Å². The zero-order valence-corrected chi connectivity index (χ0v) is 10.1. The molecule has 0 saturated carbocycles. The molecule has 1 saturated heterocycles. The van der Waals surface area contributed by atoms with Gasteiger partial charge >= 0.3 is 0 Å². The first-order valence-electron chi connectivity index (χ1n) is 5.10. The van der Waals surface area contributed by atoms with Crippen LogP contribution in [0.25, 0.3) is 0 Å². The van der Waals surface area contributed by atoms with E-state index in [2.05, 4.69) is 0 Å². The molecule has 1 N–H and O–H groups in total. The van der Waals surface area contributed by atoms with Crippen LogP contribution >= 0.6 is 0 Å². The molecule has 0 spiro atoms. The number of hydrogen-bond donors (Lipinski definition) is 1. The van der Waals surface area contributed by atoms with Gasteiger partial charge in [0.2, 0.25) is 0 Å². The highest BCUT2D eigenvalue weighted by Crippen LogP contribution is 2.25. The van der Waals surface area contributed by atoms with Crippen LogP contribution in [0.4, 0.5) is 0 Å². The Balaban J connectivity index is 2.78. The Morgan fingerprint density at radius 2 is 1.50 bits per heavy atom. The summed E-state index contributed by atoms with van der Waals surface area (Å²) in [6, 6.07) is 0. The Morgan fingerprint density at radius 1 is 0.938 bits per heavy atom. The summed E-state index contributed by atoms with van der Waals surface area (Å²) in [5, 5.41) is 9.74. The highest BCUT2D eigenvalue weighted by atomic mass is 16.7. The van der Waals surface area contributed by atoms with E-state index in [0.717, 1.165) is 0 Å². The Bertz CT molecular complexity index is 200. The van der Waals surface area contributed by atoms with Crippen LogP contribution < -0.4 is 0 Å². The molecule has 1 fully saturated rings. The normalized spacial score (nSPS) is 39.9. The van der Waals surface area contributed by atoms with Gasteiger partial charge in [0.1, 0.15) is 24.4 Å². The molecule has 1 aliphatic rings. The summed E-state index contributed by atoms with van der Waals surface area (Å²) in [5.41, 5.74) is 0. The van der Waals surface area contributed by atoms with Gasteiger partial charge in [-0.2, -0.15) is 0 Å². The van der Waals surface area contributed by atoms with Crippen molar-refractivity contribution in [2.24, 2.45) is 0 Å². The van der Waals surface area contributed by atoms with Crippen molar-refractivity contribution in [1.82, 2.24) is 0 Å². The Morgan fingerprint density at radius 3 is 1.94 bits per heavy atom. The molecular formula is C10H20O6. The molecule has 0 amide bonds. The lowest BCUT2D eigenvalue weighted by Gasteiger charge is -2.42. The maximum Gasteiger partial charge on any atom is 0.184 e. The summed E-state index contributed by atoms with van der Waals surface area (Å²) in [7, 11) is 6.16. The highest BCUT2D eigenvalue weighted by Gasteiger charge is 2.46. The Labute approximate surface area is 95.4 Å². The van der Waals surface area contributed by atoms with Crippen molar-refractivity contribution in [1.29, 1.82) is 0 Å². The van der Waals surface area contributed by atoms with Gasteiger partial charge in [-0.15, -0.1) is 0 Å². The second-order valence-corrected chi connectivity index (χ2v) is 3.62. The number of rotatable bonds is 5. The van der Waals surface area contributed by atoms with E-state index >= 15 is 0 Å². The number of aliphatic hydroxyl groups is 1. The van der Waals surface area contributed by atoms with Crippen molar-refractivity contribution < 1.29 is 28.8 Å². The van der Waals surface area contributed by atoms with Gasteiger partial charge in [0.15, 0.2) is 6.29 Å². The number of ether oxygens (including phenoxy) is 5. The average molecular weight is 236 g/mol. The minimum Gasteiger partial charge on any atom is -0.382 e. The van der Waals surface area contributed by atoms with E-state index in [9.17, 15) is 5.11 Å². The van der Waals surface area contributed by atoms with Crippen molar-refractivity contribution in [3.63, 3.8) is 0 Å². The van der Waals surface area contributed by atoms with Crippen molar-refractivity contribution >= 4 is 0 Å². The topological polar surface area (TPSA) is 66.4 Å². The fraction of sp³-hybridized carbons (Fsp3) is 1.00. The van der Waals surface area contributed by atoms with E-state index in [1.54, 1.807) is 21.3 Å². The third kappa shape index (κ3) is 2.71. The molecule has 0 aromatic carbocycles. The number of methoxy groups -OCH3 is 4. The van der Waals surface area contributed by atoms with Crippen LogP contribution in [0.2, 0.25) is 0 Å². The number of hydrogen-bond acceptors (Lipinski definition) is 6. The SMILES string of the molecule is COC[C@H]1O[C@@H](O)[C@H](OC)[C@H](OC)[C@@H]1OC. The first-order chi connectivity index (χ1) is 7.69. The van der Waals surface area contributed by atoms with Gasteiger partial charge in [-0.3, -0.25) is 0 Å². The predicted octanol–water partition coefficient (Wildman–Crippen LogP) is -0.605. The van der Waals surface area contributed by atoms with Crippen LogP contribution in [0.1, 0.15) is 0 Å². The smallest absolute Gasteiger partial charge is 0.184 e. The molecule has 6 nitrogen and oxygen atoms in total. The first-order valence-corrected chi connectivity index (χ1v) is 5.10. The van der Waals surface area contributed by atoms with Crippen LogP contribution in [-0.2, 0) is 23.7 Å². The van der Waals surface area contributed by atoms with Crippen molar-refractivity contribution in [2.75, 3.05) is 35.0 Å². The minimum absolute atomic E-state index is 0.325. The van der Waals surface area contributed by atoms with Gasteiger partial charge in [-0.25, -0.2) is 0 Å². The van der Waals surface area contributed by atoms with Gasteiger partial charge in [0, 0.05) is 28.4 Å². The van der Waals surface area contributed by atoms with E-state index < -0.39 is 12.4 Å². The molecule has 1 rings (SSSR count). The first kappa shape index (κ1) is 13.8. The molecule has 0 aliphatic carbocycles. The lowest BCUT2D eigenvalue weighted by molar-refractivity contribution is -0.300. The van der Waals surface area contributed by atoms with E-state index in [0.29, 0.717) is 6.61 Å². The van der Waals surface area contributed by atoms with Crippen LogP contribution in [0.5, 0.6) is 0 Å². The Kier molecular flexibility index (Phi) is 5.60. The molecule has 6 heteroatoms. The molecule has 0 unspecified atom stereocenters. The summed E-state index contributed by atoms with van der Waals surface area (Å²) in [4.78, 5) is 0. The molecular weight excluding hydrogens is 216 g/mol. The Hall–Kier alpha value is -0.240. The fourth-order valence-electron chi connectivity index (χ4n) is 2.00. The third-order valence-electron chi connectivity index (χ3n) is 2.76. The molecule has 5 atom stereocenters. The van der Waals surface area contributed by atoms with E-state index in [-0.39, 0.29) is 18.3 Å². The van der Waals surface area contributed by atoms with E-state index in [1.807, 2.05) is 0 Å². The van der Waals surface area contributed by atoms with Crippen molar-refractivity contribution in [3.05, 3.63) is 0 Å². The van der Waals surface area contributed by atoms with Crippen LogP contribution in [-0.4, -0.2) is 70.9 Å². The number of aliphatic hydroxyl groups excluding tert-OH is 1. The standard InChI is InChI=1S/C10H20O6/c1-12-5-6-7(13-2)8(14-3)9(15-4)10(11)16-6/h6-11H,5H2,1-4H3/t6-,7-,8-,9-,10-/m1/s1. The molecule has 1 aliphatic heterocycles. The quantitative estimate of drug-likeness (QED) is 0.687. The molecule has 1 heterocycles. The predicted molar refractivity (Wildman–Crippen MR) is 55.1 cm³/mol. The maximum absolute atomic E-state index is 9.74. The summed E-state index contributed by atoms with van der Waals surface area (Å²) < 4.78 is 26.1. The summed E-state index contributed by atoms with van der Waals surface area (Å²) >= 11 is 0. The van der Waals surface area contributed by atoms with Gasteiger partial charge in [-0.05, 0) is 0 Å².